The van der Waals surface area contributed by atoms with E-state index in [-0.39, 0.29) is 16.9 Å². The Balaban J connectivity index is 1.73. The lowest BCUT2D eigenvalue weighted by atomic mass is 9.69. The number of halogens is 3. The van der Waals surface area contributed by atoms with E-state index < -0.39 is 23.6 Å². The highest BCUT2D eigenvalue weighted by atomic mass is 32.1. The van der Waals surface area contributed by atoms with Gasteiger partial charge >= 0.3 is 6.18 Å². The summed E-state index contributed by atoms with van der Waals surface area (Å²) in [6.45, 7) is 5.83. The van der Waals surface area contributed by atoms with E-state index in [0.29, 0.717) is 29.7 Å². The highest BCUT2D eigenvalue weighted by molar-refractivity contribution is 7.08. The lowest BCUT2D eigenvalue weighted by Gasteiger charge is -2.39. The molecule has 0 saturated heterocycles. The zero-order valence-corrected chi connectivity index (χ0v) is 18.7. The number of ketones is 1. The number of rotatable bonds is 3. The average Bonchev–Trinajstić information content (AvgIpc) is 3.19. The molecule has 0 unspecified atom stereocenters. The van der Waals surface area contributed by atoms with Crippen molar-refractivity contribution < 1.29 is 22.8 Å². The quantitative estimate of drug-likeness (QED) is 0.590. The number of hydrogen-bond donors (Lipinski definition) is 2. The summed E-state index contributed by atoms with van der Waals surface area (Å²) in [6.07, 6.45) is -3.47. The molecule has 1 aromatic carbocycles. The molecule has 8 heteroatoms. The molecule has 0 saturated carbocycles. The van der Waals surface area contributed by atoms with Crippen LogP contribution in [0.4, 0.5) is 18.9 Å². The molecule has 2 aromatic rings. The molecule has 0 spiro atoms. The first kappa shape index (κ1) is 22.3. The zero-order valence-electron chi connectivity index (χ0n) is 17.9. The van der Waals surface area contributed by atoms with Crippen LogP contribution in [0.15, 0.2) is 63.6 Å². The third kappa shape index (κ3) is 4.24. The molecule has 1 aliphatic heterocycles. The van der Waals surface area contributed by atoms with Crippen molar-refractivity contribution in [2.45, 2.75) is 45.7 Å². The summed E-state index contributed by atoms with van der Waals surface area (Å²) in [5.74, 6) is -1.11. The predicted octanol–water partition coefficient (Wildman–Crippen LogP) is 6.01. The van der Waals surface area contributed by atoms with Gasteiger partial charge in [0, 0.05) is 40.6 Å². The Morgan fingerprint density at radius 2 is 1.97 bits per heavy atom. The van der Waals surface area contributed by atoms with E-state index in [1.54, 1.807) is 6.92 Å². The van der Waals surface area contributed by atoms with Crippen molar-refractivity contribution in [2.75, 3.05) is 5.32 Å². The number of carbonyl (C=O) groups excluding carboxylic acids is 2. The molecule has 0 fully saturated rings. The van der Waals surface area contributed by atoms with Gasteiger partial charge in [0.15, 0.2) is 5.78 Å². The Morgan fingerprint density at radius 1 is 1.22 bits per heavy atom. The van der Waals surface area contributed by atoms with Crippen LogP contribution in [-0.4, -0.2) is 11.7 Å². The molecular weight excluding hydrogens is 437 g/mol. The van der Waals surface area contributed by atoms with E-state index >= 15 is 0 Å². The Kier molecular flexibility index (Phi) is 5.53. The molecule has 1 atom stereocenters. The second-order valence-electron chi connectivity index (χ2n) is 9.02. The van der Waals surface area contributed by atoms with Crippen LogP contribution in [0.2, 0.25) is 0 Å². The number of anilines is 1. The summed E-state index contributed by atoms with van der Waals surface area (Å²) in [6, 6.07) is 6.40. The first-order chi connectivity index (χ1) is 15.0. The summed E-state index contributed by atoms with van der Waals surface area (Å²) < 4.78 is 39.3. The molecule has 2 aliphatic rings. The maximum Gasteiger partial charge on any atom is 0.416 e. The number of thiophene rings is 1. The fourth-order valence-electron chi connectivity index (χ4n) is 4.48. The Bertz CT molecular complexity index is 1140. The van der Waals surface area contributed by atoms with Crippen LogP contribution in [-0.2, 0) is 15.8 Å². The first-order valence-electron chi connectivity index (χ1n) is 10.2. The van der Waals surface area contributed by atoms with Gasteiger partial charge < -0.3 is 10.6 Å². The standard InChI is InChI=1S/C24H23F3N2O2S/c1-13-19(22(31)29-16-6-4-5-15(9-16)24(25,26)27)20(14-7-8-32-12-14)21-17(28-13)10-23(2,3)11-18(21)30/h4-9,12,20,28H,10-11H2,1-3H3,(H,29,31)/t20-/m0/s1. The number of carbonyl (C=O) groups is 2. The van der Waals surface area contributed by atoms with Gasteiger partial charge in [-0.2, -0.15) is 24.5 Å². The number of alkyl halides is 3. The number of nitrogens with one attached hydrogen (secondary N) is 2. The van der Waals surface area contributed by atoms with Gasteiger partial charge in [-0.3, -0.25) is 9.59 Å². The number of benzene rings is 1. The fraction of sp³-hybridized carbons (Fsp3) is 0.333. The van der Waals surface area contributed by atoms with E-state index in [0.717, 1.165) is 23.4 Å². The molecule has 2 heterocycles. The maximum atomic E-state index is 13.3. The third-order valence-corrected chi connectivity index (χ3v) is 6.51. The van der Waals surface area contributed by atoms with E-state index in [1.165, 1.54) is 23.5 Å². The van der Waals surface area contributed by atoms with E-state index in [1.807, 2.05) is 30.7 Å². The van der Waals surface area contributed by atoms with Gasteiger partial charge in [0.1, 0.15) is 0 Å². The van der Waals surface area contributed by atoms with Crippen LogP contribution in [0.3, 0.4) is 0 Å². The average molecular weight is 461 g/mol. The van der Waals surface area contributed by atoms with Gasteiger partial charge in [0.2, 0.25) is 0 Å². The number of dihydropyridines is 1. The van der Waals surface area contributed by atoms with Crippen LogP contribution in [0.25, 0.3) is 0 Å². The van der Waals surface area contributed by atoms with Crippen LogP contribution < -0.4 is 10.6 Å². The number of amides is 1. The summed E-state index contributed by atoms with van der Waals surface area (Å²) in [7, 11) is 0. The van der Waals surface area contributed by atoms with Gasteiger partial charge in [-0.15, -0.1) is 0 Å². The molecule has 1 aromatic heterocycles. The monoisotopic (exact) mass is 460 g/mol. The topological polar surface area (TPSA) is 58.2 Å². The second-order valence-corrected chi connectivity index (χ2v) is 9.80. The minimum atomic E-state index is -4.51. The molecule has 4 rings (SSSR count). The van der Waals surface area contributed by atoms with E-state index in [2.05, 4.69) is 10.6 Å². The smallest absolute Gasteiger partial charge is 0.362 e. The van der Waals surface area contributed by atoms with Crippen molar-refractivity contribution in [3.8, 4) is 0 Å². The second kappa shape index (κ2) is 7.92. The largest absolute Gasteiger partial charge is 0.416 e. The minimum absolute atomic E-state index is 0.0168. The van der Waals surface area contributed by atoms with Gasteiger partial charge in [-0.05, 0) is 59.3 Å². The Morgan fingerprint density at radius 3 is 2.62 bits per heavy atom. The number of hydrogen-bond acceptors (Lipinski definition) is 4. The molecule has 0 bridgehead atoms. The first-order valence-corrected chi connectivity index (χ1v) is 11.2. The molecule has 4 nitrogen and oxygen atoms in total. The normalized spacial score (nSPS) is 20.7. The third-order valence-electron chi connectivity index (χ3n) is 5.81. The lowest BCUT2D eigenvalue weighted by Crippen LogP contribution is -2.39. The summed E-state index contributed by atoms with van der Waals surface area (Å²) in [5, 5.41) is 9.64. The van der Waals surface area contributed by atoms with Gasteiger partial charge in [-0.25, -0.2) is 0 Å². The number of Topliss-reactive ketones (excluding diaryl/α,β-unsaturated/α-hetero) is 1. The molecule has 168 valence electrons. The highest BCUT2D eigenvalue weighted by Crippen LogP contribution is 2.47. The van der Waals surface area contributed by atoms with Crippen LogP contribution >= 0.6 is 11.3 Å². The Labute approximate surface area is 188 Å². The van der Waals surface area contributed by atoms with Crippen molar-refractivity contribution in [3.63, 3.8) is 0 Å². The van der Waals surface area contributed by atoms with Gasteiger partial charge in [-0.1, -0.05) is 19.9 Å². The van der Waals surface area contributed by atoms with Gasteiger partial charge in [0.25, 0.3) is 5.91 Å². The minimum Gasteiger partial charge on any atom is -0.362 e. The lowest BCUT2D eigenvalue weighted by molar-refractivity contribution is -0.137. The van der Waals surface area contributed by atoms with Gasteiger partial charge in [0.05, 0.1) is 5.56 Å². The van der Waals surface area contributed by atoms with Crippen molar-refractivity contribution in [1.82, 2.24) is 5.32 Å². The van der Waals surface area contributed by atoms with E-state index in [9.17, 15) is 22.8 Å². The van der Waals surface area contributed by atoms with Crippen molar-refractivity contribution in [3.05, 3.63) is 74.8 Å². The molecule has 0 radical (unpaired) electrons. The molecular formula is C24H23F3N2O2S. The Hall–Kier alpha value is -2.87. The summed E-state index contributed by atoms with van der Waals surface area (Å²) >= 11 is 1.46. The maximum absolute atomic E-state index is 13.3. The van der Waals surface area contributed by atoms with Crippen molar-refractivity contribution in [2.24, 2.45) is 5.41 Å². The SMILES string of the molecule is CC1=C(C(=O)Nc2cccc(C(F)(F)F)c2)[C@H](c2ccsc2)C2=C(CC(C)(C)CC2=O)N1. The molecule has 2 N–H and O–H groups in total. The number of allylic oxidation sites excluding steroid dienone is 3. The molecule has 32 heavy (non-hydrogen) atoms. The van der Waals surface area contributed by atoms with Crippen LogP contribution in [0.1, 0.15) is 50.7 Å². The molecule has 1 amide bonds. The van der Waals surface area contributed by atoms with Crippen molar-refractivity contribution in [1.29, 1.82) is 0 Å². The predicted molar refractivity (Wildman–Crippen MR) is 118 cm³/mol. The summed E-state index contributed by atoms with van der Waals surface area (Å²) in [5.41, 5.74) is 2.16. The van der Waals surface area contributed by atoms with Crippen LogP contribution in [0, 0.1) is 5.41 Å². The highest BCUT2D eigenvalue weighted by Gasteiger charge is 2.42. The zero-order chi connectivity index (χ0) is 23.3. The summed E-state index contributed by atoms with van der Waals surface area (Å²) in [4.78, 5) is 26.5. The van der Waals surface area contributed by atoms with E-state index in [4.69, 9.17) is 0 Å². The van der Waals surface area contributed by atoms with Crippen LogP contribution in [0.5, 0.6) is 0 Å². The van der Waals surface area contributed by atoms with Crippen molar-refractivity contribution >= 4 is 28.7 Å². The fourth-order valence-corrected chi connectivity index (χ4v) is 5.17. The molecule has 1 aliphatic carbocycles.